The Morgan fingerprint density at radius 3 is 2.45 bits per heavy atom. The van der Waals surface area contributed by atoms with Gasteiger partial charge in [-0.2, -0.15) is 0 Å². The van der Waals surface area contributed by atoms with Crippen LogP contribution in [0, 0.1) is 6.92 Å². The predicted molar refractivity (Wildman–Crippen MR) is 86.5 cm³/mol. The number of H-pyrrole nitrogens is 1. The Bertz CT molecular complexity index is 859. The normalized spacial score (nSPS) is 11.1. The summed E-state index contributed by atoms with van der Waals surface area (Å²) in [5, 5.41) is 9.93. The SMILES string of the molecule is Cc1ccc(N=Cc2c(O)[nH]c(=O)n2-c2ccccc2)cc1. The highest BCUT2D eigenvalue weighted by Gasteiger charge is 2.12. The van der Waals surface area contributed by atoms with Crippen LogP contribution < -0.4 is 5.69 Å². The van der Waals surface area contributed by atoms with Crippen LogP contribution in [0.25, 0.3) is 5.69 Å². The van der Waals surface area contributed by atoms with E-state index in [1.54, 1.807) is 12.1 Å². The second-order valence-corrected chi connectivity index (χ2v) is 4.93. The number of aromatic nitrogens is 2. The van der Waals surface area contributed by atoms with E-state index in [4.69, 9.17) is 0 Å². The molecule has 1 aromatic heterocycles. The zero-order chi connectivity index (χ0) is 15.5. The summed E-state index contributed by atoms with van der Waals surface area (Å²) in [5.41, 5.74) is 2.46. The predicted octanol–water partition coefficient (Wildman–Crippen LogP) is 2.93. The number of aromatic amines is 1. The molecule has 0 aliphatic heterocycles. The first kappa shape index (κ1) is 13.9. The lowest BCUT2D eigenvalue weighted by molar-refractivity contribution is 0.454. The Hall–Kier alpha value is -3.08. The molecule has 22 heavy (non-hydrogen) atoms. The lowest BCUT2D eigenvalue weighted by atomic mass is 10.2. The fourth-order valence-corrected chi connectivity index (χ4v) is 2.16. The van der Waals surface area contributed by atoms with Crippen molar-refractivity contribution in [2.45, 2.75) is 6.92 Å². The van der Waals surface area contributed by atoms with Crippen LogP contribution in [0.1, 0.15) is 11.3 Å². The van der Waals surface area contributed by atoms with Gasteiger partial charge in [0.1, 0.15) is 5.69 Å². The first-order chi connectivity index (χ1) is 10.6. The van der Waals surface area contributed by atoms with Gasteiger partial charge in [0.25, 0.3) is 0 Å². The monoisotopic (exact) mass is 293 g/mol. The van der Waals surface area contributed by atoms with Gasteiger partial charge in [-0.25, -0.2) is 4.79 Å². The molecule has 110 valence electrons. The standard InChI is InChI=1S/C17H15N3O2/c1-12-7-9-13(10-8-12)18-11-15-16(21)19-17(22)20(15)14-5-3-2-4-6-14/h2-11,21H,1H3,(H,19,22). The van der Waals surface area contributed by atoms with E-state index in [0.717, 1.165) is 11.3 Å². The van der Waals surface area contributed by atoms with E-state index >= 15 is 0 Å². The maximum atomic E-state index is 12.0. The van der Waals surface area contributed by atoms with Crippen molar-refractivity contribution in [1.82, 2.24) is 9.55 Å². The van der Waals surface area contributed by atoms with E-state index in [2.05, 4.69) is 9.98 Å². The average molecular weight is 293 g/mol. The highest BCUT2D eigenvalue weighted by Crippen LogP contribution is 2.17. The van der Waals surface area contributed by atoms with Crippen LogP contribution in [0.15, 0.2) is 64.4 Å². The van der Waals surface area contributed by atoms with Crippen LogP contribution in [0.2, 0.25) is 0 Å². The van der Waals surface area contributed by atoms with Gasteiger partial charge in [0.15, 0.2) is 0 Å². The van der Waals surface area contributed by atoms with Gasteiger partial charge in [0, 0.05) is 0 Å². The Balaban J connectivity index is 2.04. The largest absolute Gasteiger partial charge is 0.493 e. The van der Waals surface area contributed by atoms with Gasteiger partial charge in [-0.1, -0.05) is 35.9 Å². The van der Waals surface area contributed by atoms with Gasteiger partial charge in [-0.3, -0.25) is 14.5 Å². The second kappa shape index (κ2) is 5.73. The number of nitrogens with one attached hydrogen (secondary N) is 1. The summed E-state index contributed by atoms with van der Waals surface area (Å²) in [6, 6.07) is 16.7. The molecular formula is C17H15N3O2. The summed E-state index contributed by atoms with van der Waals surface area (Å²) in [4.78, 5) is 18.7. The van der Waals surface area contributed by atoms with Crippen molar-refractivity contribution < 1.29 is 5.11 Å². The maximum Gasteiger partial charge on any atom is 0.333 e. The first-order valence-corrected chi connectivity index (χ1v) is 6.85. The molecule has 0 fully saturated rings. The maximum absolute atomic E-state index is 12.0. The summed E-state index contributed by atoms with van der Waals surface area (Å²) >= 11 is 0. The van der Waals surface area contributed by atoms with E-state index in [-0.39, 0.29) is 5.88 Å². The third kappa shape index (κ3) is 2.69. The van der Waals surface area contributed by atoms with Crippen molar-refractivity contribution in [2.75, 3.05) is 0 Å². The Morgan fingerprint density at radius 1 is 1.09 bits per heavy atom. The van der Waals surface area contributed by atoms with Crippen LogP contribution in [0.5, 0.6) is 5.88 Å². The molecule has 0 radical (unpaired) electrons. The minimum atomic E-state index is -0.408. The molecule has 0 aliphatic carbocycles. The fourth-order valence-electron chi connectivity index (χ4n) is 2.16. The number of para-hydroxylation sites is 1. The molecule has 0 aliphatic rings. The summed E-state index contributed by atoms with van der Waals surface area (Å²) in [6.45, 7) is 2.00. The van der Waals surface area contributed by atoms with Gasteiger partial charge < -0.3 is 5.11 Å². The number of hydrogen-bond donors (Lipinski definition) is 2. The zero-order valence-corrected chi connectivity index (χ0v) is 12.0. The van der Waals surface area contributed by atoms with E-state index in [0.29, 0.717) is 11.4 Å². The van der Waals surface area contributed by atoms with Gasteiger partial charge in [0.2, 0.25) is 5.88 Å². The van der Waals surface area contributed by atoms with Crippen molar-refractivity contribution in [1.29, 1.82) is 0 Å². The minimum Gasteiger partial charge on any atom is -0.493 e. The smallest absolute Gasteiger partial charge is 0.333 e. The minimum absolute atomic E-state index is 0.204. The van der Waals surface area contributed by atoms with Crippen LogP contribution in [-0.2, 0) is 0 Å². The average Bonchev–Trinajstić information content (AvgIpc) is 2.81. The van der Waals surface area contributed by atoms with Crippen molar-refractivity contribution in [3.05, 3.63) is 76.3 Å². The molecule has 0 bridgehead atoms. The number of aliphatic imine (C=N–C) groups is 1. The third-order valence-corrected chi connectivity index (χ3v) is 3.30. The van der Waals surface area contributed by atoms with Crippen LogP contribution in [0.4, 0.5) is 5.69 Å². The van der Waals surface area contributed by atoms with Crippen LogP contribution in [-0.4, -0.2) is 20.9 Å². The van der Waals surface area contributed by atoms with Gasteiger partial charge in [0.05, 0.1) is 17.6 Å². The van der Waals surface area contributed by atoms with Crippen molar-refractivity contribution in [2.24, 2.45) is 4.99 Å². The molecule has 5 nitrogen and oxygen atoms in total. The van der Waals surface area contributed by atoms with E-state index in [1.807, 2.05) is 49.4 Å². The van der Waals surface area contributed by atoms with Crippen molar-refractivity contribution in [3.63, 3.8) is 0 Å². The highest BCUT2D eigenvalue weighted by atomic mass is 16.3. The molecule has 1 heterocycles. The highest BCUT2D eigenvalue weighted by molar-refractivity contribution is 5.83. The lowest BCUT2D eigenvalue weighted by Crippen LogP contribution is -2.16. The molecule has 3 aromatic rings. The fraction of sp³-hybridized carbons (Fsp3) is 0.0588. The summed E-state index contributed by atoms with van der Waals surface area (Å²) in [7, 11) is 0. The van der Waals surface area contributed by atoms with Crippen LogP contribution in [0.3, 0.4) is 0 Å². The molecule has 0 unspecified atom stereocenters. The number of nitrogens with zero attached hydrogens (tertiary/aromatic N) is 2. The van der Waals surface area contributed by atoms with E-state index in [1.165, 1.54) is 10.8 Å². The second-order valence-electron chi connectivity index (χ2n) is 4.93. The topological polar surface area (TPSA) is 70.4 Å². The number of hydrogen-bond acceptors (Lipinski definition) is 3. The van der Waals surface area contributed by atoms with Crippen LogP contribution >= 0.6 is 0 Å². The number of aromatic hydroxyl groups is 1. The van der Waals surface area contributed by atoms with E-state index < -0.39 is 5.69 Å². The number of imidazole rings is 1. The summed E-state index contributed by atoms with van der Waals surface area (Å²) < 4.78 is 1.38. The van der Waals surface area contributed by atoms with Gasteiger partial charge in [-0.15, -0.1) is 0 Å². The van der Waals surface area contributed by atoms with Gasteiger partial charge in [-0.05, 0) is 31.2 Å². The molecule has 0 spiro atoms. The molecule has 0 amide bonds. The molecule has 0 saturated carbocycles. The Labute approximate surface area is 127 Å². The van der Waals surface area contributed by atoms with Crippen molar-refractivity contribution >= 4 is 11.9 Å². The lowest BCUT2D eigenvalue weighted by Gasteiger charge is -2.03. The van der Waals surface area contributed by atoms with Crippen molar-refractivity contribution in [3.8, 4) is 11.6 Å². The zero-order valence-electron chi connectivity index (χ0n) is 12.0. The molecule has 2 N–H and O–H groups in total. The number of rotatable bonds is 3. The molecular weight excluding hydrogens is 278 g/mol. The molecule has 2 aromatic carbocycles. The Morgan fingerprint density at radius 2 is 1.77 bits per heavy atom. The Kier molecular flexibility index (Phi) is 3.62. The molecule has 3 rings (SSSR count). The number of benzene rings is 2. The molecule has 5 heteroatoms. The van der Waals surface area contributed by atoms with Gasteiger partial charge >= 0.3 is 5.69 Å². The third-order valence-electron chi connectivity index (χ3n) is 3.30. The molecule has 0 atom stereocenters. The molecule has 0 saturated heterocycles. The quantitative estimate of drug-likeness (QED) is 0.729. The number of aryl methyl sites for hydroxylation is 1. The first-order valence-electron chi connectivity index (χ1n) is 6.85. The summed E-state index contributed by atoms with van der Waals surface area (Å²) in [6.07, 6.45) is 1.48. The summed E-state index contributed by atoms with van der Waals surface area (Å²) in [5.74, 6) is -0.204. The van der Waals surface area contributed by atoms with E-state index in [9.17, 15) is 9.90 Å².